The van der Waals surface area contributed by atoms with Crippen LogP contribution < -0.4 is 4.57 Å². The molecule has 1 heterocycles. The Morgan fingerprint density at radius 3 is 1.75 bits per heavy atom. The number of hydrogen-bond acceptors (Lipinski definition) is 0. The summed E-state index contributed by atoms with van der Waals surface area (Å²) in [4.78, 5) is 0. The maximum absolute atomic E-state index is 2.54. The van der Waals surface area contributed by atoms with Crippen molar-refractivity contribution >= 4 is 0 Å². The van der Waals surface area contributed by atoms with Gasteiger partial charge in [-0.2, -0.15) is 0 Å². The molecule has 0 aliphatic rings. The molecule has 0 bridgehead atoms. The van der Waals surface area contributed by atoms with Gasteiger partial charge < -0.3 is 0 Å². The molecule has 180 valence electrons. The Morgan fingerprint density at radius 1 is 0.625 bits per heavy atom. The van der Waals surface area contributed by atoms with E-state index in [4.69, 9.17) is 0 Å². The fourth-order valence-electron chi connectivity index (χ4n) is 4.75. The fraction of sp³-hybridized carbons (Fsp3) is 0.700. The molecule has 2 heteroatoms. The average Bonchev–Trinajstić information content (AvgIpc) is 3.19. The minimum Gasteiger partial charge on any atom is -0.234 e. The Bertz CT molecular complexity index is 673. The first kappa shape index (κ1) is 26.7. The van der Waals surface area contributed by atoms with Gasteiger partial charge in [-0.25, -0.2) is 9.13 Å². The first-order valence-corrected chi connectivity index (χ1v) is 14.0. The lowest BCUT2D eigenvalue weighted by atomic mass is 10.0. The highest BCUT2D eigenvalue weighted by Gasteiger charge is 2.16. The number of imidazole rings is 1. The second-order valence-corrected chi connectivity index (χ2v) is 9.72. The summed E-state index contributed by atoms with van der Waals surface area (Å²) < 4.78 is 5.02. The van der Waals surface area contributed by atoms with Crippen LogP contribution in [0.5, 0.6) is 0 Å². The summed E-state index contributed by atoms with van der Waals surface area (Å²) in [7, 11) is 0. The molecule has 0 unspecified atom stereocenters. The molecule has 0 spiro atoms. The predicted molar refractivity (Wildman–Crippen MR) is 139 cm³/mol. The lowest BCUT2D eigenvalue weighted by Gasteiger charge is -2.06. The van der Waals surface area contributed by atoms with Crippen molar-refractivity contribution in [2.45, 2.75) is 136 Å². The lowest BCUT2D eigenvalue weighted by molar-refractivity contribution is -0.695. The number of benzene rings is 1. The van der Waals surface area contributed by atoms with Gasteiger partial charge >= 0.3 is 0 Å². The molecule has 1 aromatic carbocycles. The van der Waals surface area contributed by atoms with Gasteiger partial charge in [0, 0.05) is 6.42 Å². The van der Waals surface area contributed by atoms with Crippen molar-refractivity contribution in [1.82, 2.24) is 4.57 Å². The number of rotatable bonds is 20. The van der Waals surface area contributed by atoms with Gasteiger partial charge in [-0.3, -0.25) is 0 Å². The summed E-state index contributed by atoms with van der Waals surface area (Å²) in [5.41, 5.74) is 1.40. The number of unbranched alkanes of at least 4 members (excludes halogenated alkanes) is 14. The Hall–Kier alpha value is -1.57. The van der Waals surface area contributed by atoms with E-state index in [1.165, 1.54) is 127 Å². The van der Waals surface area contributed by atoms with E-state index in [0.717, 1.165) is 6.54 Å². The van der Waals surface area contributed by atoms with Gasteiger partial charge in [0.25, 0.3) is 5.82 Å². The molecule has 0 amide bonds. The van der Waals surface area contributed by atoms with Crippen LogP contribution in [0.3, 0.4) is 0 Å². The van der Waals surface area contributed by atoms with Crippen LogP contribution in [0.2, 0.25) is 0 Å². The fourth-order valence-corrected chi connectivity index (χ4v) is 4.75. The lowest BCUT2D eigenvalue weighted by Crippen LogP contribution is -2.37. The minimum absolute atomic E-state index is 0.994. The molecule has 2 aromatic rings. The van der Waals surface area contributed by atoms with E-state index in [0.29, 0.717) is 0 Å². The van der Waals surface area contributed by atoms with Crippen LogP contribution in [0.1, 0.15) is 128 Å². The number of hydrogen-bond donors (Lipinski definition) is 0. The third-order valence-electron chi connectivity index (χ3n) is 6.79. The smallest absolute Gasteiger partial charge is 0.234 e. The second kappa shape index (κ2) is 17.9. The Kier molecular flexibility index (Phi) is 14.9. The van der Waals surface area contributed by atoms with E-state index >= 15 is 0 Å². The van der Waals surface area contributed by atoms with Gasteiger partial charge in [-0.15, -0.1) is 0 Å². The van der Waals surface area contributed by atoms with Crippen molar-refractivity contribution in [3.05, 3.63) is 54.1 Å². The molecule has 0 aliphatic heterocycles. The van der Waals surface area contributed by atoms with Gasteiger partial charge in [-0.05, 0) is 24.8 Å². The van der Waals surface area contributed by atoms with Crippen LogP contribution in [0.4, 0.5) is 0 Å². The third kappa shape index (κ3) is 11.3. The molecule has 2 rings (SSSR count). The molecule has 0 saturated heterocycles. The van der Waals surface area contributed by atoms with Gasteiger partial charge in [0.1, 0.15) is 18.9 Å². The molecule has 1 aromatic heterocycles. The number of nitrogens with zero attached hydrogens (tertiary/aromatic N) is 2. The van der Waals surface area contributed by atoms with Gasteiger partial charge in [0.15, 0.2) is 0 Å². The zero-order chi connectivity index (χ0) is 22.7. The zero-order valence-corrected chi connectivity index (χ0v) is 21.4. The third-order valence-corrected chi connectivity index (χ3v) is 6.79. The highest BCUT2D eigenvalue weighted by molar-refractivity contribution is 5.13. The van der Waals surface area contributed by atoms with E-state index in [1.54, 1.807) is 0 Å². The maximum Gasteiger partial charge on any atom is 0.256 e. The first-order valence-electron chi connectivity index (χ1n) is 14.0. The van der Waals surface area contributed by atoms with E-state index < -0.39 is 0 Å². The quantitative estimate of drug-likeness (QED) is 0.144. The van der Waals surface area contributed by atoms with Crippen LogP contribution in [-0.2, 0) is 19.5 Å². The van der Waals surface area contributed by atoms with Crippen LogP contribution in [0.15, 0.2) is 42.7 Å². The highest BCUT2D eigenvalue weighted by atomic mass is 15.1. The molecular formula is C30H51N2+. The number of aryl methyl sites for hydroxylation is 1. The summed E-state index contributed by atoms with van der Waals surface area (Å²) >= 11 is 0. The Balaban J connectivity index is 1.63. The molecule has 0 saturated carbocycles. The van der Waals surface area contributed by atoms with Crippen LogP contribution in [0, 0.1) is 0 Å². The van der Waals surface area contributed by atoms with Gasteiger partial charge in [0.05, 0.1) is 6.54 Å². The van der Waals surface area contributed by atoms with Crippen molar-refractivity contribution < 1.29 is 4.57 Å². The summed E-state index contributed by atoms with van der Waals surface area (Å²) in [5.74, 6) is 1.52. The van der Waals surface area contributed by atoms with E-state index in [1.807, 2.05) is 0 Å². The average molecular weight is 440 g/mol. The molecule has 0 atom stereocenters. The summed E-state index contributed by atoms with van der Waals surface area (Å²) in [6.45, 7) is 6.77. The maximum atomic E-state index is 2.54. The molecule has 0 fully saturated rings. The van der Waals surface area contributed by atoms with Crippen LogP contribution in [-0.4, -0.2) is 4.57 Å². The van der Waals surface area contributed by atoms with E-state index in [2.05, 4.69) is 65.7 Å². The molecular weight excluding hydrogens is 388 g/mol. The van der Waals surface area contributed by atoms with Crippen LogP contribution in [0.25, 0.3) is 0 Å². The molecule has 0 radical (unpaired) electrons. The van der Waals surface area contributed by atoms with Gasteiger partial charge in [0.2, 0.25) is 0 Å². The van der Waals surface area contributed by atoms with Crippen LogP contribution >= 0.6 is 0 Å². The minimum atomic E-state index is 0.994. The summed E-state index contributed by atoms with van der Waals surface area (Å²) in [6.07, 6.45) is 28.2. The van der Waals surface area contributed by atoms with Crippen molar-refractivity contribution in [1.29, 1.82) is 0 Å². The summed E-state index contributed by atoms with van der Waals surface area (Å²) in [5, 5.41) is 0. The predicted octanol–water partition coefficient (Wildman–Crippen LogP) is 8.65. The topological polar surface area (TPSA) is 8.81 Å². The van der Waals surface area contributed by atoms with Crippen molar-refractivity contribution in [3.63, 3.8) is 0 Å². The van der Waals surface area contributed by atoms with E-state index in [9.17, 15) is 0 Å². The largest absolute Gasteiger partial charge is 0.256 e. The molecule has 2 nitrogen and oxygen atoms in total. The van der Waals surface area contributed by atoms with Crippen molar-refractivity contribution in [2.24, 2.45) is 0 Å². The van der Waals surface area contributed by atoms with E-state index in [-0.39, 0.29) is 0 Å². The zero-order valence-electron chi connectivity index (χ0n) is 21.4. The Labute approximate surface area is 199 Å². The Morgan fingerprint density at radius 2 is 1.16 bits per heavy atom. The second-order valence-electron chi connectivity index (χ2n) is 9.72. The molecule has 32 heavy (non-hydrogen) atoms. The normalized spacial score (nSPS) is 11.3. The highest BCUT2D eigenvalue weighted by Crippen LogP contribution is 2.13. The van der Waals surface area contributed by atoms with Crippen molar-refractivity contribution in [2.75, 3.05) is 0 Å². The monoisotopic (exact) mass is 439 g/mol. The van der Waals surface area contributed by atoms with Gasteiger partial charge in [-0.1, -0.05) is 128 Å². The van der Waals surface area contributed by atoms with Crippen molar-refractivity contribution in [3.8, 4) is 0 Å². The molecule has 0 N–H and O–H groups in total. The summed E-state index contributed by atoms with van der Waals surface area (Å²) in [6, 6.07) is 10.9. The first-order chi connectivity index (χ1) is 15.8. The SMILES string of the molecule is CCCCCCCCCCCCCCCn1cc[n+](Cc2ccccc2)c1CCCCC. The number of aromatic nitrogens is 2. The molecule has 0 aliphatic carbocycles. The standard InChI is InChI=1S/C30H51N2/c1-3-5-7-8-9-10-11-12-13-14-15-16-21-25-31-26-27-32(30(31)24-18-6-4-2)28-29-22-19-17-20-23-29/h17,19-20,22-23,26-27H,3-16,18,21,24-25,28H2,1-2H3/q+1.